The molecular weight excluding hydrogens is 188 g/mol. The van der Waals surface area contributed by atoms with Crippen molar-refractivity contribution in [1.82, 2.24) is 0 Å². The van der Waals surface area contributed by atoms with Gasteiger partial charge in [-0.05, 0) is 6.42 Å². The molecule has 1 rings (SSSR count). The first-order chi connectivity index (χ1) is 6.56. The molecule has 0 radical (unpaired) electrons. The molecular formula is C9H16O5. The predicted molar refractivity (Wildman–Crippen MR) is 47.3 cm³/mol. The van der Waals surface area contributed by atoms with Crippen LogP contribution in [0.2, 0.25) is 0 Å². The van der Waals surface area contributed by atoms with Gasteiger partial charge >= 0.3 is 5.97 Å². The van der Waals surface area contributed by atoms with E-state index in [2.05, 4.69) is 0 Å². The van der Waals surface area contributed by atoms with Crippen molar-refractivity contribution in [2.24, 2.45) is 11.8 Å². The van der Waals surface area contributed by atoms with Crippen LogP contribution in [0.1, 0.15) is 13.3 Å². The van der Waals surface area contributed by atoms with Gasteiger partial charge in [-0.1, -0.05) is 0 Å². The highest BCUT2D eigenvalue weighted by atomic mass is 16.5. The molecule has 0 aromatic carbocycles. The molecule has 5 heteroatoms. The Balaban J connectivity index is 2.44. The van der Waals surface area contributed by atoms with Crippen molar-refractivity contribution in [2.75, 3.05) is 13.2 Å². The first-order valence-corrected chi connectivity index (χ1v) is 4.66. The van der Waals surface area contributed by atoms with E-state index in [4.69, 9.17) is 9.84 Å². The molecule has 0 heterocycles. The monoisotopic (exact) mass is 204 g/mol. The number of ether oxygens (including phenoxy) is 1. The molecule has 82 valence electrons. The second kappa shape index (κ2) is 4.72. The lowest BCUT2D eigenvalue weighted by atomic mass is 10.1. The van der Waals surface area contributed by atoms with E-state index >= 15 is 0 Å². The highest BCUT2D eigenvalue weighted by Gasteiger charge is 2.41. The maximum atomic E-state index is 10.5. The largest absolute Gasteiger partial charge is 0.465 e. The van der Waals surface area contributed by atoms with E-state index in [0.29, 0.717) is 6.42 Å². The van der Waals surface area contributed by atoms with Gasteiger partial charge in [-0.25, -0.2) is 0 Å². The lowest BCUT2D eigenvalue weighted by molar-refractivity contribution is -0.143. The Hall–Kier alpha value is -0.650. The molecule has 1 saturated carbocycles. The van der Waals surface area contributed by atoms with Gasteiger partial charge in [-0.15, -0.1) is 0 Å². The number of carbonyl (C=O) groups is 1. The van der Waals surface area contributed by atoms with Gasteiger partial charge in [0.05, 0.1) is 18.8 Å². The summed E-state index contributed by atoms with van der Waals surface area (Å²) in [6.45, 7) is 1.24. The van der Waals surface area contributed by atoms with Gasteiger partial charge in [0.15, 0.2) is 0 Å². The Morgan fingerprint density at radius 2 is 1.93 bits per heavy atom. The van der Waals surface area contributed by atoms with Gasteiger partial charge < -0.3 is 20.1 Å². The van der Waals surface area contributed by atoms with Crippen molar-refractivity contribution in [1.29, 1.82) is 0 Å². The van der Waals surface area contributed by atoms with Crippen molar-refractivity contribution in [2.45, 2.75) is 25.6 Å². The number of aliphatic hydroxyl groups is 3. The molecule has 0 aromatic heterocycles. The van der Waals surface area contributed by atoms with Crippen LogP contribution in [0.4, 0.5) is 0 Å². The second-order valence-corrected chi connectivity index (χ2v) is 3.72. The fourth-order valence-electron chi connectivity index (χ4n) is 1.80. The minimum atomic E-state index is -0.916. The first kappa shape index (κ1) is 11.4. The fraction of sp³-hybridized carbons (Fsp3) is 0.889. The van der Waals surface area contributed by atoms with Gasteiger partial charge in [0.1, 0.15) is 0 Å². The van der Waals surface area contributed by atoms with Crippen LogP contribution in [0.3, 0.4) is 0 Å². The summed E-state index contributed by atoms with van der Waals surface area (Å²) in [6.07, 6.45) is -1.35. The Morgan fingerprint density at radius 1 is 1.36 bits per heavy atom. The summed E-state index contributed by atoms with van der Waals surface area (Å²) in [7, 11) is 0. The molecule has 0 bridgehead atoms. The lowest BCUT2D eigenvalue weighted by Gasteiger charge is -2.15. The first-order valence-electron chi connectivity index (χ1n) is 4.66. The van der Waals surface area contributed by atoms with Crippen molar-refractivity contribution < 1.29 is 24.9 Å². The Labute approximate surface area is 82.3 Å². The molecule has 0 unspecified atom stereocenters. The van der Waals surface area contributed by atoms with E-state index in [1.807, 2.05) is 0 Å². The van der Waals surface area contributed by atoms with E-state index in [1.54, 1.807) is 0 Å². The van der Waals surface area contributed by atoms with Crippen LogP contribution < -0.4 is 0 Å². The second-order valence-electron chi connectivity index (χ2n) is 3.72. The predicted octanol–water partition coefficient (Wildman–Crippen LogP) is -1.10. The standard InChI is InChI=1S/C9H16O5/c1-5(11)14-4-7-2-6(3-10)8(12)9(7)13/h6-10,12-13H,2-4H2,1H3/t6-,7+,8-,9+/m1/s1. The zero-order chi connectivity index (χ0) is 10.7. The van der Waals surface area contributed by atoms with Gasteiger partial charge in [-0.3, -0.25) is 4.79 Å². The molecule has 0 aliphatic heterocycles. The molecule has 4 atom stereocenters. The third-order valence-corrected chi connectivity index (χ3v) is 2.66. The topological polar surface area (TPSA) is 87.0 Å². The molecule has 1 fully saturated rings. The maximum Gasteiger partial charge on any atom is 0.302 e. The number of aliphatic hydroxyl groups excluding tert-OH is 3. The molecule has 0 spiro atoms. The van der Waals surface area contributed by atoms with E-state index in [1.165, 1.54) is 6.92 Å². The van der Waals surface area contributed by atoms with Crippen molar-refractivity contribution in [3.05, 3.63) is 0 Å². The minimum absolute atomic E-state index is 0.101. The average molecular weight is 204 g/mol. The normalized spacial score (nSPS) is 37.1. The Morgan fingerprint density at radius 3 is 2.36 bits per heavy atom. The molecule has 5 nitrogen and oxygen atoms in total. The van der Waals surface area contributed by atoms with Crippen LogP contribution >= 0.6 is 0 Å². The SMILES string of the molecule is CC(=O)OC[C@@H]1C[C@H](CO)[C@@H](O)[C@H]1O. The van der Waals surface area contributed by atoms with E-state index in [0.717, 1.165) is 0 Å². The van der Waals surface area contributed by atoms with Crippen LogP contribution in [0.15, 0.2) is 0 Å². The molecule has 0 saturated heterocycles. The number of hydrogen-bond donors (Lipinski definition) is 3. The van der Waals surface area contributed by atoms with E-state index in [9.17, 15) is 15.0 Å². The molecule has 0 aromatic rings. The third-order valence-electron chi connectivity index (χ3n) is 2.66. The molecule has 0 amide bonds. The van der Waals surface area contributed by atoms with Crippen molar-refractivity contribution in [3.8, 4) is 0 Å². The maximum absolute atomic E-state index is 10.5. The van der Waals surface area contributed by atoms with Crippen LogP contribution in [-0.2, 0) is 9.53 Å². The zero-order valence-electron chi connectivity index (χ0n) is 8.09. The quantitative estimate of drug-likeness (QED) is 0.508. The third kappa shape index (κ3) is 2.43. The van der Waals surface area contributed by atoms with Gasteiger partial charge in [0.2, 0.25) is 0 Å². The number of rotatable bonds is 3. The molecule has 3 N–H and O–H groups in total. The smallest absolute Gasteiger partial charge is 0.302 e. The highest BCUT2D eigenvalue weighted by molar-refractivity contribution is 5.65. The summed E-state index contributed by atoms with van der Waals surface area (Å²) in [6, 6.07) is 0. The number of hydrogen-bond acceptors (Lipinski definition) is 5. The van der Waals surface area contributed by atoms with Crippen LogP contribution in [0, 0.1) is 11.8 Å². The lowest BCUT2D eigenvalue weighted by Crippen LogP contribution is -2.31. The summed E-state index contributed by atoms with van der Waals surface area (Å²) < 4.78 is 4.75. The van der Waals surface area contributed by atoms with E-state index < -0.39 is 18.2 Å². The summed E-state index contributed by atoms with van der Waals surface area (Å²) in [5, 5.41) is 27.8. The molecule has 1 aliphatic rings. The summed E-state index contributed by atoms with van der Waals surface area (Å²) >= 11 is 0. The number of esters is 1. The number of carbonyl (C=O) groups excluding carboxylic acids is 1. The van der Waals surface area contributed by atoms with Gasteiger partial charge in [-0.2, -0.15) is 0 Å². The van der Waals surface area contributed by atoms with Crippen LogP contribution in [-0.4, -0.2) is 46.7 Å². The summed E-state index contributed by atoms with van der Waals surface area (Å²) in [5.74, 6) is -0.990. The zero-order valence-corrected chi connectivity index (χ0v) is 8.09. The summed E-state index contributed by atoms with van der Waals surface area (Å²) in [5.41, 5.74) is 0. The van der Waals surface area contributed by atoms with Crippen molar-refractivity contribution in [3.63, 3.8) is 0 Å². The highest BCUT2D eigenvalue weighted by Crippen LogP contribution is 2.31. The van der Waals surface area contributed by atoms with Gasteiger partial charge in [0.25, 0.3) is 0 Å². The van der Waals surface area contributed by atoms with E-state index in [-0.39, 0.29) is 25.0 Å². The molecule has 14 heavy (non-hydrogen) atoms. The van der Waals surface area contributed by atoms with Gasteiger partial charge in [0, 0.05) is 25.4 Å². The Kier molecular flexibility index (Phi) is 3.86. The Bertz CT molecular complexity index is 205. The summed E-state index contributed by atoms with van der Waals surface area (Å²) in [4.78, 5) is 10.5. The van der Waals surface area contributed by atoms with Crippen LogP contribution in [0.25, 0.3) is 0 Å². The average Bonchev–Trinajstić information content (AvgIpc) is 2.41. The fourth-order valence-corrected chi connectivity index (χ4v) is 1.80. The molecule has 1 aliphatic carbocycles. The van der Waals surface area contributed by atoms with Crippen molar-refractivity contribution >= 4 is 5.97 Å². The minimum Gasteiger partial charge on any atom is -0.465 e. The van der Waals surface area contributed by atoms with Crippen LogP contribution in [0.5, 0.6) is 0 Å².